The number of halogens is 1. The summed E-state index contributed by atoms with van der Waals surface area (Å²) in [6.07, 6.45) is -0.349. The van der Waals surface area contributed by atoms with Crippen LogP contribution in [-0.2, 0) is 19.2 Å². The molecule has 4 amide bonds. The van der Waals surface area contributed by atoms with Crippen molar-refractivity contribution in [3.05, 3.63) is 29.3 Å². The Morgan fingerprint density at radius 1 is 1.07 bits per heavy atom. The van der Waals surface area contributed by atoms with Gasteiger partial charge < -0.3 is 14.5 Å². The average molecular weight is 408 g/mol. The highest BCUT2D eigenvalue weighted by Crippen LogP contribution is 2.19. The zero-order chi connectivity index (χ0) is 20.3. The van der Waals surface area contributed by atoms with Crippen LogP contribution in [0.3, 0.4) is 0 Å². The first-order chi connectivity index (χ1) is 13.3. The largest absolute Gasteiger partial charge is 0.481 e. The Kier molecular flexibility index (Phi) is 6.18. The van der Waals surface area contributed by atoms with E-state index >= 15 is 0 Å². The summed E-state index contributed by atoms with van der Waals surface area (Å²) in [5, 5.41) is 0.527. The number of benzene rings is 1. The van der Waals surface area contributed by atoms with Gasteiger partial charge in [0.1, 0.15) is 12.3 Å². The first-order valence-corrected chi connectivity index (χ1v) is 9.55. The third-order valence-electron chi connectivity index (χ3n) is 4.85. The van der Waals surface area contributed by atoms with Gasteiger partial charge in [0.15, 0.2) is 6.10 Å². The van der Waals surface area contributed by atoms with Gasteiger partial charge in [0, 0.05) is 44.0 Å². The van der Waals surface area contributed by atoms with Gasteiger partial charge >= 0.3 is 0 Å². The van der Waals surface area contributed by atoms with Crippen molar-refractivity contribution in [1.29, 1.82) is 0 Å². The van der Waals surface area contributed by atoms with E-state index in [0.29, 0.717) is 37.0 Å². The Balaban J connectivity index is 1.48. The van der Waals surface area contributed by atoms with Gasteiger partial charge in [-0.2, -0.15) is 0 Å². The summed E-state index contributed by atoms with van der Waals surface area (Å²) in [5.74, 6) is -0.545. The van der Waals surface area contributed by atoms with E-state index in [0.717, 1.165) is 4.90 Å². The lowest BCUT2D eigenvalue weighted by Crippen LogP contribution is -2.55. The third-order valence-corrected chi connectivity index (χ3v) is 5.08. The van der Waals surface area contributed by atoms with Crippen LogP contribution in [0.5, 0.6) is 5.75 Å². The minimum absolute atomic E-state index is 0.166. The van der Waals surface area contributed by atoms with Crippen LogP contribution in [0, 0.1) is 0 Å². The molecule has 1 aromatic carbocycles. The highest BCUT2D eigenvalue weighted by molar-refractivity contribution is 6.30. The number of piperazine rings is 1. The normalized spacial score (nSPS) is 18.4. The van der Waals surface area contributed by atoms with Gasteiger partial charge in [0.25, 0.3) is 5.91 Å². The molecular weight excluding hydrogens is 386 g/mol. The minimum atomic E-state index is -0.680. The molecule has 3 rings (SSSR count). The fourth-order valence-electron chi connectivity index (χ4n) is 3.26. The molecule has 8 nitrogen and oxygen atoms in total. The molecule has 0 spiro atoms. The second-order valence-electron chi connectivity index (χ2n) is 6.80. The second kappa shape index (κ2) is 8.60. The molecule has 2 heterocycles. The van der Waals surface area contributed by atoms with Crippen LogP contribution >= 0.6 is 11.6 Å². The van der Waals surface area contributed by atoms with Crippen molar-refractivity contribution < 1.29 is 23.9 Å². The molecule has 0 radical (unpaired) electrons. The molecule has 0 saturated carbocycles. The van der Waals surface area contributed by atoms with E-state index in [2.05, 4.69) is 0 Å². The van der Waals surface area contributed by atoms with E-state index in [1.807, 2.05) is 0 Å². The SMILES string of the molecule is CC(Oc1cccc(Cl)c1)C(=O)N1CCN(C(=O)CN2C(=O)CCC2=O)CC1. The number of nitrogens with zero attached hydrogens (tertiary/aromatic N) is 3. The summed E-state index contributed by atoms with van der Waals surface area (Å²) in [7, 11) is 0. The van der Waals surface area contributed by atoms with Crippen molar-refractivity contribution >= 4 is 35.2 Å². The van der Waals surface area contributed by atoms with Gasteiger partial charge in [-0.3, -0.25) is 24.1 Å². The van der Waals surface area contributed by atoms with Crippen LogP contribution in [-0.4, -0.2) is 77.2 Å². The zero-order valence-electron chi connectivity index (χ0n) is 15.6. The Bertz CT molecular complexity index is 776. The number of carbonyl (C=O) groups is 4. The van der Waals surface area contributed by atoms with Crippen molar-refractivity contribution in [1.82, 2.24) is 14.7 Å². The summed E-state index contributed by atoms with van der Waals surface area (Å²) in [4.78, 5) is 52.5. The van der Waals surface area contributed by atoms with Gasteiger partial charge in [-0.15, -0.1) is 0 Å². The van der Waals surface area contributed by atoms with Crippen LogP contribution in [0.4, 0.5) is 0 Å². The maximum Gasteiger partial charge on any atom is 0.263 e. The average Bonchev–Trinajstić information content (AvgIpc) is 2.99. The highest BCUT2D eigenvalue weighted by atomic mass is 35.5. The van der Waals surface area contributed by atoms with Gasteiger partial charge in [-0.05, 0) is 25.1 Å². The summed E-state index contributed by atoms with van der Waals surface area (Å²) < 4.78 is 5.66. The van der Waals surface area contributed by atoms with Gasteiger partial charge in [0.05, 0.1) is 0 Å². The predicted octanol–water partition coefficient (Wildman–Crippen LogP) is 0.927. The maximum atomic E-state index is 12.6. The summed E-state index contributed by atoms with van der Waals surface area (Å²) >= 11 is 5.92. The Morgan fingerprint density at radius 3 is 2.29 bits per heavy atom. The number of carbonyl (C=O) groups excluding carboxylic acids is 4. The Hall–Kier alpha value is -2.61. The molecule has 2 aliphatic rings. The highest BCUT2D eigenvalue weighted by Gasteiger charge is 2.33. The number of amides is 4. The fourth-order valence-corrected chi connectivity index (χ4v) is 3.44. The summed E-state index contributed by atoms with van der Waals surface area (Å²) in [6.45, 7) is 2.89. The second-order valence-corrected chi connectivity index (χ2v) is 7.23. The molecule has 9 heteroatoms. The van der Waals surface area contributed by atoms with E-state index in [4.69, 9.17) is 16.3 Å². The lowest BCUT2D eigenvalue weighted by atomic mass is 10.2. The van der Waals surface area contributed by atoms with Crippen LogP contribution in [0.25, 0.3) is 0 Å². The Morgan fingerprint density at radius 2 is 1.68 bits per heavy atom. The number of hydrogen-bond donors (Lipinski definition) is 0. The molecule has 0 bridgehead atoms. The molecule has 28 heavy (non-hydrogen) atoms. The van der Waals surface area contributed by atoms with Crippen molar-refractivity contribution in [2.24, 2.45) is 0 Å². The lowest BCUT2D eigenvalue weighted by molar-refractivity contribution is -0.148. The molecule has 1 aromatic rings. The Labute approximate surface area is 168 Å². The number of imide groups is 1. The molecule has 0 aliphatic carbocycles. The molecular formula is C19H22ClN3O5. The monoisotopic (exact) mass is 407 g/mol. The van der Waals surface area contributed by atoms with Gasteiger partial charge in [-0.25, -0.2) is 0 Å². The van der Waals surface area contributed by atoms with Crippen LogP contribution in [0.1, 0.15) is 19.8 Å². The quantitative estimate of drug-likeness (QED) is 0.677. The van der Waals surface area contributed by atoms with E-state index in [-0.39, 0.29) is 43.0 Å². The molecule has 2 saturated heterocycles. The van der Waals surface area contributed by atoms with E-state index in [1.54, 1.807) is 41.0 Å². The molecule has 1 atom stereocenters. The molecule has 0 N–H and O–H groups in total. The van der Waals surface area contributed by atoms with E-state index < -0.39 is 6.10 Å². The maximum absolute atomic E-state index is 12.6. The molecule has 1 unspecified atom stereocenters. The number of ether oxygens (including phenoxy) is 1. The van der Waals surface area contributed by atoms with Crippen LogP contribution in [0.2, 0.25) is 5.02 Å². The smallest absolute Gasteiger partial charge is 0.263 e. The predicted molar refractivity (Wildman–Crippen MR) is 101 cm³/mol. The number of hydrogen-bond acceptors (Lipinski definition) is 5. The summed E-state index contributed by atoms with van der Waals surface area (Å²) in [5.41, 5.74) is 0. The summed E-state index contributed by atoms with van der Waals surface area (Å²) in [6, 6.07) is 6.84. The fraction of sp³-hybridized carbons (Fsp3) is 0.474. The van der Waals surface area contributed by atoms with Crippen molar-refractivity contribution in [2.45, 2.75) is 25.9 Å². The van der Waals surface area contributed by atoms with Gasteiger partial charge in [0.2, 0.25) is 17.7 Å². The van der Waals surface area contributed by atoms with Crippen molar-refractivity contribution in [2.75, 3.05) is 32.7 Å². The van der Waals surface area contributed by atoms with E-state index in [9.17, 15) is 19.2 Å². The number of likely N-dealkylation sites (tertiary alicyclic amines) is 1. The molecule has 150 valence electrons. The molecule has 2 aliphatic heterocycles. The van der Waals surface area contributed by atoms with Crippen molar-refractivity contribution in [3.63, 3.8) is 0 Å². The lowest BCUT2D eigenvalue weighted by Gasteiger charge is -2.36. The van der Waals surface area contributed by atoms with Crippen LogP contribution in [0.15, 0.2) is 24.3 Å². The standard InChI is InChI=1S/C19H22ClN3O5/c1-13(28-15-4-2-3-14(20)11-15)19(27)22-9-7-21(8-10-22)18(26)12-23-16(24)5-6-17(23)25/h2-4,11,13H,5-10,12H2,1H3. The minimum Gasteiger partial charge on any atom is -0.481 e. The topological polar surface area (TPSA) is 87.2 Å². The number of rotatable bonds is 5. The first-order valence-electron chi connectivity index (χ1n) is 9.17. The first kappa shape index (κ1) is 20.1. The van der Waals surface area contributed by atoms with Crippen LogP contribution < -0.4 is 4.74 Å². The molecule has 0 aromatic heterocycles. The third kappa shape index (κ3) is 4.62. The zero-order valence-corrected chi connectivity index (χ0v) is 16.4. The van der Waals surface area contributed by atoms with Crippen molar-refractivity contribution in [3.8, 4) is 5.75 Å². The molecule has 2 fully saturated rings. The van der Waals surface area contributed by atoms with E-state index in [1.165, 1.54) is 0 Å². The van der Waals surface area contributed by atoms with Gasteiger partial charge in [-0.1, -0.05) is 17.7 Å².